The van der Waals surface area contributed by atoms with E-state index in [1.54, 1.807) is 0 Å². The normalized spacial score (nSPS) is 3.12. The molecule has 1 radical (unpaired) electrons. The molecular weight excluding hydrogens is 143 g/mol. The summed E-state index contributed by atoms with van der Waals surface area (Å²) in [6.45, 7) is 1.08. The molecule has 0 aromatic carbocycles. The summed E-state index contributed by atoms with van der Waals surface area (Å²) >= 11 is 0. The third kappa shape index (κ3) is 52200. The second-order valence-corrected chi connectivity index (χ2v) is 0.519. The summed E-state index contributed by atoms with van der Waals surface area (Å²) in [7, 11) is 0. The van der Waals surface area contributed by atoms with Crippen LogP contribution >= 0.6 is 0 Å². The van der Waals surface area contributed by atoms with E-state index in [1.807, 2.05) is 0 Å². The van der Waals surface area contributed by atoms with E-state index in [-0.39, 0.29) is 40.8 Å². The van der Waals surface area contributed by atoms with Crippen molar-refractivity contribution in [1.29, 1.82) is 0 Å². The summed E-state index contributed by atoms with van der Waals surface area (Å²) in [4.78, 5) is 9.00. The molecule has 53 valence electrons. The van der Waals surface area contributed by atoms with Gasteiger partial charge in [-0.1, -0.05) is 0 Å². The number of hydrogen-bond acceptors (Lipinski definition) is 1. The van der Waals surface area contributed by atoms with Gasteiger partial charge in [0.25, 0.3) is 5.97 Å². The minimum absolute atomic E-state index is 0. The van der Waals surface area contributed by atoms with Crippen LogP contribution < -0.4 is 0 Å². The molecule has 0 heterocycles. The van der Waals surface area contributed by atoms with E-state index in [4.69, 9.17) is 9.90 Å². The SMILES string of the molecule is CC(=O)O.[CH3-].[CH3-].[CH3-].[V]. The topological polar surface area (TPSA) is 37.3 Å². The van der Waals surface area contributed by atoms with Gasteiger partial charge in [0.15, 0.2) is 0 Å². The Hall–Kier alpha value is 0.0544. The van der Waals surface area contributed by atoms with Crippen molar-refractivity contribution in [2.24, 2.45) is 0 Å². The molecule has 0 amide bonds. The first kappa shape index (κ1) is 43.0. The van der Waals surface area contributed by atoms with Crippen LogP contribution in [-0.2, 0) is 23.4 Å². The maximum Gasteiger partial charge on any atom is 0.300 e. The van der Waals surface area contributed by atoms with Crippen molar-refractivity contribution in [3.8, 4) is 0 Å². The molecule has 2 nitrogen and oxygen atoms in total. The summed E-state index contributed by atoms with van der Waals surface area (Å²) in [5, 5.41) is 7.42. The number of carboxylic acids is 1. The number of hydrogen-bond donors (Lipinski definition) is 1. The molecule has 0 aromatic heterocycles. The van der Waals surface area contributed by atoms with Crippen molar-refractivity contribution in [3.05, 3.63) is 22.3 Å². The van der Waals surface area contributed by atoms with Crippen LogP contribution in [0, 0.1) is 22.3 Å². The van der Waals surface area contributed by atoms with E-state index < -0.39 is 5.97 Å². The maximum atomic E-state index is 9.00. The van der Waals surface area contributed by atoms with Gasteiger partial charge in [-0.25, -0.2) is 0 Å². The molecule has 0 aliphatic carbocycles. The monoisotopic (exact) mass is 156 g/mol. The molecule has 0 unspecified atom stereocenters. The van der Waals surface area contributed by atoms with Crippen LogP contribution in [-0.4, -0.2) is 11.1 Å². The Bertz CT molecular complexity index is 33.4. The van der Waals surface area contributed by atoms with Crippen molar-refractivity contribution in [1.82, 2.24) is 0 Å². The Morgan fingerprint density at radius 2 is 1.25 bits per heavy atom. The molecule has 8 heavy (non-hydrogen) atoms. The van der Waals surface area contributed by atoms with E-state index in [0.29, 0.717) is 0 Å². The van der Waals surface area contributed by atoms with Crippen LogP contribution in [0.4, 0.5) is 0 Å². The standard InChI is InChI=1S/C2H4O2.3CH3.V/c1-2(3)4;;;;/h1H3,(H,3,4);3*1H3;/q;3*-1;. The van der Waals surface area contributed by atoms with E-state index in [2.05, 4.69) is 0 Å². The largest absolute Gasteiger partial charge is 0.481 e. The Balaban J connectivity index is -0.00000000750. The van der Waals surface area contributed by atoms with Crippen molar-refractivity contribution >= 4 is 5.97 Å². The van der Waals surface area contributed by atoms with Crippen molar-refractivity contribution in [2.45, 2.75) is 6.92 Å². The fourth-order valence-electron chi connectivity index (χ4n) is 0. The Morgan fingerprint density at radius 3 is 1.25 bits per heavy atom. The van der Waals surface area contributed by atoms with Gasteiger partial charge in [0.2, 0.25) is 0 Å². The van der Waals surface area contributed by atoms with E-state index in [9.17, 15) is 0 Å². The van der Waals surface area contributed by atoms with Crippen LogP contribution in [0.25, 0.3) is 0 Å². The van der Waals surface area contributed by atoms with Crippen molar-refractivity contribution < 1.29 is 28.5 Å². The average molecular weight is 156 g/mol. The summed E-state index contributed by atoms with van der Waals surface area (Å²) in [5.41, 5.74) is 0. The zero-order chi connectivity index (χ0) is 3.58. The van der Waals surface area contributed by atoms with Crippen LogP contribution in [0.5, 0.6) is 0 Å². The zero-order valence-electron chi connectivity index (χ0n) is 5.80. The van der Waals surface area contributed by atoms with E-state index in [0.717, 1.165) is 6.92 Å². The predicted molar refractivity (Wildman–Crippen MR) is 32.6 cm³/mol. The molecule has 0 atom stereocenters. The molecule has 1 N–H and O–H groups in total. The first-order valence-corrected chi connectivity index (χ1v) is 0.928. The van der Waals surface area contributed by atoms with Crippen molar-refractivity contribution in [2.75, 3.05) is 0 Å². The van der Waals surface area contributed by atoms with Gasteiger partial charge in [-0.15, -0.1) is 0 Å². The van der Waals surface area contributed by atoms with Crippen LogP contribution in [0.3, 0.4) is 0 Å². The molecule has 0 aromatic rings. The minimum Gasteiger partial charge on any atom is -0.481 e. The van der Waals surface area contributed by atoms with E-state index >= 15 is 0 Å². The van der Waals surface area contributed by atoms with Gasteiger partial charge in [0, 0.05) is 25.5 Å². The Kier molecular flexibility index (Phi) is 149. The molecule has 0 fully saturated rings. The molecule has 0 aliphatic rings. The Morgan fingerprint density at radius 1 is 1.25 bits per heavy atom. The molecule has 0 saturated heterocycles. The predicted octanol–water partition coefficient (Wildman–Crippen LogP) is 1.44. The number of rotatable bonds is 0. The fraction of sp³-hybridized carbons (Fsp3) is 0.200. The number of aliphatic carboxylic acids is 1. The smallest absolute Gasteiger partial charge is 0.300 e. The number of carbonyl (C=O) groups is 1. The second kappa shape index (κ2) is 27.7. The molecule has 0 rings (SSSR count). The molecule has 0 saturated carbocycles. The zero-order valence-corrected chi connectivity index (χ0v) is 7.20. The maximum absolute atomic E-state index is 9.00. The summed E-state index contributed by atoms with van der Waals surface area (Å²) in [5.74, 6) is -0.833. The van der Waals surface area contributed by atoms with Gasteiger partial charge in [-0.3, -0.25) is 4.79 Å². The summed E-state index contributed by atoms with van der Waals surface area (Å²) < 4.78 is 0. The van der Waals surface area contributed by atoms with Crippen molar-refractivity contribution in [3.63, 3.8) is 0 Å². The van der Waals surface area contributed by atoms with Gasteiger partial charge < -0.3 is 27.4 Å². The van der Waals surface area contributed by atoms with E-state index in [1.165, 1.54) is 0 Å². The van der Waals surface area contributed by atoms with Gasteiger partial charge in [0.1, 0.15) is 0 Å². The average Bonchev–Trinajstić information content (AvgIpc) is 0.811. The van der Waals surface area contributed by atoms with Gasteiger partial charge in [-0.2, -0.15) is 0 Å². The van der Waals surface area contributed by atoms with Gasteiger partial charge >= 0.3 is 0 Å². The molecular formula is C5H13O2V-3. The molecule has 3 heteroatoms. The Labute approximate surface area is 64.2 Å². The quantitative estimate of drug-likeness (QED) is 0.539. The second-order valence-electron chi connectivity index (χ2n) is 0.519. The molecule has 0 bridgehead atoms. The molecule has 0 spiro atoms. The van der Waals surface area contributed by atoms with Crippen LogP contribution in [0.2, 0.25) is 0 Å². The summed E-state index contributed by atoms with van der Waals surface area (Å²) in [6.07, 6.45) is 0. The number of carboxylic acid groups (broad SMARTS) is 1. The third-order valence-electron chi connectivity index (χ3n) is 0. The first-order valence-electron chi connectivity index (χ1n) is 0.928. The van der Waals surface area contributed by atoms with Gasteiger partial charge in [0.05, 0.1) is 0 Å². The van der Waals surface area contributed by atoms with Gasteiger partial charge in [-0.05, 0) is 0 Å². The molecule has 0 aliphatic heterocycles. The minimum atomic E-state index is -0.833. The first-order chi connectivity index (χ1) is 1.73. The third-order valence-corrected chi connectivity index (χ3v) is 0. The van der Waals surface area contributed by atoms with Crippen LogP contribution in [0.1, 0.15) is 6.92 Å². The fourth-order valence-corrected chi connectivity index (χ4v) is 0. The summed E-state index contributed by atoms with van der Waals surface area (Å²) in [6, 6.07) is 0. The van der Waals surface area contributed by atoms with Crippen LogP contribution in [0.15, 0.2) is 0 Å².